The molecule has 14 rings (SSSR count). The zero-order chi connectivity index (χ0) is 47.5. The standard InChI is InChI=1S/C66H43N3O3/c1-5-18-45(19-6-1)67(46-20-7-2-8-21-46)52-38-44(39-53(40-52)69(48-24-11-4-12-25-48)51-33-36-58-56-27-14-16-31-62(56)71-64(58)42-51)54-28-17-29-60-59-37-34-50(43-65(59)72-66(54)60)68(47-22-9-3-10-23-47)49-32-35-57-55-26-13-15-30-61(55)70-63(57)41-49/h1-43H. The van der Waals surface area contributed by atoms with E-state index < -0.39 is 0 Å². The third-order valence-electron chi connectivity index (χ3n) is 13.8. The first-order valence-electron chi connectivity index (χ1n) is 24.2. The Hall–Kier alpha value is -9.78. The van der Waals surface area contributed by atoms with Gasteiger partial charge in [0.15, 0.2) is 0 Å². The van der Waals surface area contributed by atoms with Crippen LogP contribution in [0.15, 0.2) is 274 Å². The van der Waals surface area contributed by atoms with Crippen molar-refractivity contribution in [3.8, 4) is 11.1 Å². The molecule has 3 aromatic heterocycles. The summed E-state index contributed by atoms with van der Waals surface area (Å²) in [6, 6.07) is 91.5. The van der Waals surface area contributed by atoms with Crippen LogP contribution in [-0.2, 0) is 0 Å². The van der Waals surface area contributed by atoms with Crippen LogP contribution in [0.25, 0.3) is 76.9 Å². The third-order valence-corrected chi connectivity index (χ3v) is 13.8. The first kappa shape index (κ1) is 41.2. The zero-order valence-corrected chi connectivity index (χ0v) is 38.9. The number of fused-ring (bicyclic) bond motifs is 9. The molecule has 0 aliphatic heterocycles. The van der Waals surface area contributed by atoms with E-state index in [1.807, 2.05) is 30.3 Å². The Bertz CT molecular complexity index is 4260. The van der Waals surface area contributed by atoms with Crippen molar-refractivity contribution in [3.05, 3.63) is 261 Å². The quantitative estimate of drug-likeness (QED) is 0.136. The van der Waals surface area contributed by atoms with Crippen molar-refractivity contribution in [2.75, 3.05) is 14.7 Å². The van der Waals surface area contributed by atoms with Crippen LogP contribution in [0.2, 0.25) is 0 Å². The van der Waals surface area contributed by atoms with E-state index in [1.165, 1.54) is 0 Å². The second-order valence-electron chi connectivity index (χ2n) is 18.1. The van der Waals surface area contributed by atoms with E-state index in [0.29, 0.717) is 0 Å². The van der Waals surface area contributed by atoms with Crippen LogP contribution in [0.1, 0.15) is 0 Å². The van der Waals surface area contributed by atoms with Gasteiger partial charge in [-0.25, -0.2) is 0 Å². The summed E-state index contributed by atoms with van der Waals surface area (Å²) in [5, 5.41) is 6.44. The number of anilines is 9. The van der Waals surface area contributed by atoms with Gasteiger partial charge in [0, 0.05) is 107 Å². The van der Waals surface area contributed by atoms with Gasteiger partial charge >= 0.3 is 0 Å². The molecule has 3 heterocycles. The van der Waals surface area contributed by atoms with Crippen molar-refractivity contribution in [3.63, 3.8) is 0 Å². The summed E-state index contributed by atoms with van der Waals surface area (Å²) < 4.78 is 20.1. The number of nitrogens with zero attached hydrogens (tertiary/aromatic N) is 3. The molecule has 0 aliphatic rings. The fraction of sp³-hybridized carbons (Fsp3) is 0. The number of rotatable bonds is 10. The van der Waals surface area contributed by atoms with Gasteiger partial charge in [0.1, 0.15) is 33.5 Å². The number of hydrogen-bond donors (Lipinski definition) is 0. The average Bonchev–Trinajstić information content (AvgIpc) is 4.13. The topological polar surface area (TPSA) is 49.1 Å². The van der Waals surface area contributed by atoms with Crippen molar-refractivity contribution >= 4 is 117 Å². The second-order valence-corrected chi connectivity index (χ2v) is 18.1. The SMILES string of the molecule is c1ccc(N(c2ccccc2)c2cc(-c3cccc4c3oc3cc(N(c5ccccc5)c5ccc6c(c5)oc5ccccc56)ccc34)cc(N(c3ccccc3)c3ccc4c(c3)oc3ccccc34)c2)cc1. The Morgan fingerprint density at radius 1 is 0.208 bits per heavy atom. The van der Waals surface area contributed by atoms with Crippen molar-refractivity contribution in [2.24, 2.45) is 0 Å². The summed E-state index contributed by atoms with van der Waals surface area (Å²) in [4.78, 5) is 6.91. The fourth-order valence-electron chi connectivity index (χ4n) is 10.5. The van der Waals surface area contributed by atoms with Crippen molar-refractivity contribution in [1.82, 2.24) is 0 Å². The van der Waals surface area contributed by atoms with Crippen LogP contribution in [-0.4, -0.2) is 0 Å². The maximum Gasteiger partial charge on any atom is 0.143 e. The minimum atomic E-state index is 0.789. The lowest BCUT2D eigenvalue weighted by Gasteiger charge is -2.30. The maximum absolute atomic E-state index is 7.14. The molecule has 72 heavy (non-hydrogen) atoms. The molecular formula is C66H43N3O3. The predicted octanol–water partition coefficient (Wildman–Crippen LogP) is 19.5. The highest BCUT2D eigenvalue weighted by Gasteiger charge is 2.23. The first-order valence-corrected chi connectivity index (χ1v) is 24.2. The molecule has 6 heteroatoms. The van der Waals surface area contributed by atoms with E-state index in [1.54, 1.807) is 0 Å². The lowest BCUT2D eigenvalue weighted by atomic mass is 9.99. The number of hydrogen-bond acceptors (Lipinski definition) is 6. The van der Waals surface area contributed by atoms with Crippen LogP contribution in [0.4, 0.5) is 51.2 Å². The monoisotopic (exact) mass is 925 g/mol. The fourth-order valence-corrected chi connectivity index (χ4v) is 10.5. The zero-order valence-electron chi connectivity index (χ0n) is 38.9. The van der Waals surface area contributed by atoms with E-state index in [2.05, 4.69) is 245 Å². The third kappa shape index (κ3) is 7.04. The molecule has 0 amide bonds. The maximum atomic E-state index is 7.14. The van der Waals surface area contributed by atoms with Gasteiger partial charge in [0.25, 0.3) is 0 Å². The van der Waals surface area contributed by atoms with Crippen molar-refractivity contribution < 1.29 is 13.3 Å². The van der Waals surface area contributed by atoms with Gasteiger partial charge in [-0.15, -0.1) is 0 Å². The van der Waals surface area contributed by atoms with E-state index in [4.69, 9.17) is 13.3 Å². The van der Waals surface area contributed by atoms with Gasteiger partial charge in [0.2, 0.25) is 0 Å². The van der Waals surface area contributed by atoms with Crippen molar-refractivity contribution in [1.29, 1.82) is 0 Å². The summed E-state index contributed by atoms with van der Waals surface area (Å²) in [6.07, 6.45) is 0. The number of furan rings is 3. The molecule has 11 aromatic carbocycles. The molecule has 0 aliphatic carbocycles. The van der Waals surface area contributed by atoms with Gasteiger partial charge in [-0.3, -0.25) is 0 Å². The Balaban J connectivity index is 0.965. The molecule has 0 fully saturated rings. The summed E-state index contributed by atoms with van der Waals surface area (Å²) in [5.74, 6) is 0. The Labute approximate surface area is 415 Å². The smallest absolute Gasteiger partial charge is 0.143 e. The summed E-state index contributed by atoms with van der Waals surface area (Å²) >= 11 is 0. The minimum Gasteiger partial charge on any atom is -0.456 e. The molecule has 340 valence electrons. The highest BCUT2D eigenvalue weighted by atomic mass is 16.3. The average molecular weight is 926 g/mol. The Morgan fingerprint density at radius 2 is 0.556 bits per heavy atom. The van der Waals surface area contributed by atoms with Gasteiger partial charge in [-0.05, 0) is 121 Å². The van der Waals surface area contributed by atoms with Crippen LogP contribution in [0.5, 0.6) is 0 Å². The van der Waals surface area contributed by atoms with Crippen LogP contribution < -0.4 is 14.7 Å². The minimum absolute atomic E-state index is 0.789. The lowest BCUT2D eigenvalue weighted by molar-refractivity contribution is 0.668. The van der Waals surface area contributed by atoms with Crippen LogP contribution >= 0.6 is 0 Å². The highest BCUT2D eigenvalue weighted by Crippen LogP contribution is 2.47. The van der Waals surface area contributed by atoms with Gasteiger partial charge < -0.3 is 28.0 Å². The second kappa shape index (κ2) is 17.0. The number of para-hydroxylation sites is 7. The van der Waals surface area contributed by atoms with E-state index in [-0.39, 0.29) is 0 Å². The van der Waals surface area contributed by atoms with E-state index >= 15 is 0 Å². The molecular weight excluding hydrogens is 883 g/mol. The van der Waals surface area contributed by atoms with Crippen LogP contribution in [0.3, 0.4) is 0 Å². The Morgan fingerprint density at radius 3 is 1.01 bits per heavy atom. The van der Waals surface area contributed by atoms with Crippen molar-refractivity contribution in [2.45, 2.75) is 0 Å². The molecule has 6 nitrogen and oxygen atoms in total. The molecule has 0 unspecified atom stereocenters. The van der Waals surface area contributed by atoms with E-state index in [0.717, 1.165) is 128 Å². The predicted molar refractivity (Wildman–Crippen MR) is 298 cm³/mol. The van der Waals surface area contributed by atoms with Crippen LogP contribution in [0, 0.1) is 0 Å². The lowest BCUT2D eigenvalue weighted by Crippen LogP contribution is -2.13. The molecule has 14 aromatic rings. The largest absolute Gasteiger partial charge is 0.456 e. The summed E-state index contributed by atoms with van der Waals surface area (Å²) in [5.41, 5.74) is 16.0. The molecule has 0 bridgehead atoms. The summed E-state index contributed by atoms with van der Waals surface area (Å²) in [6.45, 7) is 0. The van der Waals surface area contributed by atoms with Gasteiger partial charge in [-0.1, -0.05) is 127 Å². The molecule has 0 N–H and O–H groups in total. The van der Waals surface area contributed by atoms with E-state index in [9.17, 15) is 0 Å². The molecule has 0 atom stereocenters. The highest BCUT2D eigenvalue weighted by molar-refractivity contribution is 6.12. The normalized spacial score (nSPS) is 11.6. The van der Waals surface area contributed by atoms with Gasteiger partial charge in [-0.2, -0.15) is 0 Å². The molecule has 0 radical (unpaired) electrons. The molecule has 0 spiro atoms. The first-order chi connectivity index (χ1) is 35.7. The Kier molecular flexibility index (Phi) is 9.74. The molecule has 0 saturated carbocycles. The number of benzene rings is 11. The summed E-state index contributed by atoms with van der Waals surface area (Å²) in [7, 11) is 0. The van der Waals surface area contributed by atoms with Gasteiger partial charge in [0.05, 0.1) is 0 Å². The molecule has 0 saturated heterocycles.